The van der Waals surface area contributed by atoms with Gasteiger partial charge in [-0.1, -0.05) is 84.1 Å². The van der Waals surface area contributed by atoms with Crippen molar-refractivity contribution in [3.63, 3.8) is 0 Å². The van der Waals surface area contributed by atoms with Crippen LogP contribution in [0, 0.1) is 0 Å². The van der Waals surface area contributed by atoms with Crippen molar-refractivity contribution in [2.75, 3.05) is 0 Å². The number of hydrogen-bond donors (Lipinski definition) is 0. The Bertz CT molecular complexity index is 562. The molecule has 0 fully saturated rings. The second-order valence-corrected chi connectivity index (χ2v) is 13.0. The van der Waals surface area contributed by atoms with Gasteiger partial charge in [-0.05, 0) is 16.5 Å². The fraction of sp³-hybridized carbons (Fsp3) is 0.111. The molecule has 0 spiro atoms. The molecule has 0 saturated carbocycles. The molecule has 0 aliphatic carbocycles. The molecule has 0 bridgehead atoms. The van der Waals surface area contributed by atoms with Crippen molar-refractivity contribution in [2.24, 2.45) is 0 Å². The molecule has 2 atom stereocenters. The first-order valence-electron chi connectivity index (χ1n) is 7.16. The Balaban J connectivity index is 0.00000242. The summed E-state index contributed by atoms with van der Waals surface area (Å²) >= 11 is 0. The predicted octanol–water partition coefficient (Wildman–Crippen LogP) is 0.779. The standard InChI is InChI=1S/C18H22NSi2.K/c1-5-20(3,17-13-9-7-10-14-17)19-21(4,6-2)18-15-11-8-12-16-18;/h5-16H,1-2H2,3-4H3;/q-1;+1. The summed E-state index contributed by atoms with van der Waals surface area (Å²) in [5.74, 6) is 0. The van der Waals surface area contributed by atoms with E-state index in [0.29, 0.717) is 0 Å². The average Bonchev–Trinajstić information content (AvgIpc) is 2.56. The monoisotopic (exact) mass is 347 g/mol. The fourth-order valence-electron chi connectivity index (χ4n) is 2.49. The minimum atomic E-state index is -2.06. The van der Waals surface area contributed by atoms with E-state index in [2.05, 4.69) is 86.2 Å². The Kier molecular flexibility index (Phi) is 7.91. The second-order valence-electron chi connectivity index (χ2n) is 5.55. The van der Waals surface area contributed by atoms with Crippen molar-refractivity contribution in [3.05, 3.63) is 89.9 Å². The van der Waals surface area contributed by atoms with Gasteiger partial charge in [-0.3, -0.25) is 0 Å². The maximum atomic E-state index is 5.36. The van der Waals surface area contributed by atoms with E-state index >= 15 is 0 Å². The zero-order valence-corrected chi connectivity index (χ0v) is 18.9. The summed E-state index contributed by atoms with van der Waals surface area (Å²) in [4.78, 5) is 0. The Morgan fingerprint density at radius 1 is 0.727 bits per heavy atom. The Morgan fingerprint density at radius 3 is 1.32 bits per heavy atom. The van der Waals surface area contributed by atoms with Crippen LogP contribution in [0.15, 0.2) is 85.2 Å². The van der Waals surface area contributed by atoms with Gasteiger partial charge in [-0.2, -0.15) is 0 Å². The third-order valence-corrected chi connectivity index (χ3v) is 12.3. The van der Waals surface area contributed by atoms with Crippen LogP contribution in [0.5, 0.6) is 0 Å². The molecule has 2 unspecified atom stereocenters. The van der Waals surface area contributed by atoms with E-state index in [0.717, 1.165) is 0 Å². The van der Waals surface area contributed by atoms with Crippen LogP contribution in [0.3, 0.4) is 0 Å². The van der Waals surface area contributed by atoms with Gasteiger partial charge in [-0.25, -0.2) is 0 Å². The average molecular weight is 348 g/mol. The molecule has 1 nitrogen and oxygen atoms in total. The van der Waals surface area contributed by atoms with E-state index in [9.17, 15) is 0 Å². The van der Waals surface area contributed by atoms with E-state index in [1.54, 1.807) is 0 Å². The summed E-state index contributed by atoms with van der Waals surface area (Å²) < 4.78 is 5.36. The zero-order chi connectivity index (χ0) is 15.3. The topological polar surface area (TPSA) is 14.1 Å². The van der Waals surface area contributed by atoms with Crippen LogP contribution in [-0.4, -0.2) is 16.5 Å². The third kappa shape index (κ3) is 4.49. The van der Waals surface area contributed by atoms with Crippen LogP contribution >= 0.6 is 0 Å². The van der Waals surface area contributed by atoms with Crippen LogP contribution in [0.1, 0.15) is 0 Å². The molecular formula is C18H22KNSi2. The summed E-state index contributed by atoms with van der Waals surface area (Å²) in [7, 11) is -4.12. The molecule has 0 heterocycles. The number of nitrogens with zero attached hydrogens (tertiary/aromatic N) is 1. The maximum Gasteiger partial charge on any atom is 1.00 e. The second kappa shape index (κ2) is 8.70. The van der Waals surface area contributed by atoms with E-state index in [4.69, 9.17) is 4.65 Å². The molecule has 0 aliphatic rings. The van der Waals surface area contributed by atoms with Gasteiger partial charge >= 0.3 is 51.4 Å². The number of benzene rings is 2. The van der Waals surface area contributed by atoms with Gasteiger partial charge < -0.3 is 4.65 Å². The maximum absolute atomic E-state index is 5.36. The molecule has 0 N–H and O–H groups in total. The van der Waals surface area contributed by atoms with Gasteiger partial charge in [0.1, 0.15) is 0 Å². The third-order valence-electron chi connectivity index (χ3n) is 3.98. The van der Waals surface area contributed by atoms with Crippen molar-refractivity contribution < 1.29 is 51.4 Å². The molecule has 4 heteroatoms. The van der Waals surface area contributed by atoms with E-state index in [1.165, 1.54) is 10.4 Å². The molecule has 2 aromatic rings. The molecule has 2 aromatic carbocycles. The van der Waals surface area contributed by atoms with Gasteiger partial charge in [0, 0.05) is 0 Å². The SMILES string of the molecule is C=C[Si](C)([N-][Si](C)(C=C)c1ccccc1)c1ccccc1.[K+]. The van der Waals surface area contributed by atoms with Crippen molar-refractivity contribution >= 4 is 26.8 Å². The smallest absolute Gasteiger partial charge is 0.653 e. The molecule has 108 valence electrons. The van der Waals surface area contributed by atoms with Crippen LogP contribution in [0.2, 0.25) is 13.1 Å². The van der Waals surface area contributed by atoms with E-state index in [1.807, 2.05) is 12.1 Å². The fourth-order valence-corrected chi connectivity index (χ4v) is 10.3. The summed E-state index contributed by atoms with van der Waals surface area (Å²) in [6, 6.07) is 21.1. The van der Waals surface area contributed by atoms with Gasteiger partial charge in [-0.15, -0.1) is 24.6 Å². The van der Waals surface area contributed by atoms with Gasteiger partial charge in [0.05, 0.1) is 0 Å². The van der Waals surface area contributed by atoms with Crippen LogP contribution in [-0.2, 0) is 0 Å². The minimum Gasteiger partial charge on any atom is -0.653 e. The molecule has 0 saturated heterocycles. The summed E-state index contributed by atoms with van der Waals surface area (Å²) in [6.07, 6.45) is 0. The molecule has 22 heavy (non-hydrogen) atoms. The van der Waals surface area contributed by atoms with E-state index < -0.39 is 16.5 Å². The molecular weight excluding hydrogens is 325 g/mol. The minimum absolute atomic E-state index is 0. The Labute approximate surface area is 179 Å². The van der Waals surface area contributed by atoms with Crippen molar-refractivity contribution in [2.45, 2.75) is 13.1 Å². The first kappa shape index (κ1) is 20.0. The van der Waals surface area contributed by atoms with Crippen molar-refractivity contribution in [1.29, 1.82) is 0 Å². The molecule has 2 rings (SSSR count). The van der Waals surface area contributed by atoms with Crippen molar-refractivity contribution in [3.8, 4) is 0 Å². The van der Waals surface area contributed by atoms with Crippen LogP contribution in [0.25, 0.3) is 4.65 Å². The van der Waals surface area contributed by atoms with Crippen LogP contribution in [0.4, 0.5) is 0 Å². The Hall–Kier alpha value is -0.0499. The van der Waals surface area contributed by atoms with Gasteiger partial charge in [0.15, 0.2) is 0 Å². The largest absolute Gasteiger partial charge is 1.00 e. The zero-order valence-electron chi connectivity index (χ0n) is 13.8. The summed E-state index contributed by atoms with van der Waals surface area (Å²) in [6.45, 7) is 12.7. The summed E-state index contributed by atoms with van der Waals surface area (Å²) in [5.41, 5.74) is 4.14. The van der Waals surface area contributed by atoms with Gasteiger partial charge in [0.25, 0.3) is 0 Å². The quantitative estimate of drug-likeness (QED) is 0.686. The van der Waals surface area contributed by atoms with Crippen molar-refractivity contribution in [1.82, 2.24) is 0 Å². The van der Waals surface area contributed by atoms with E-state index in [-0.39, 0.29) is 51.4 Å². The molecule has 0 aromatic heterocycles. The molecule has 0 amide bonds. The number of rotatable bonds is 6. The predicted molar refractivity (Wildman–Crippen MR) is 99.1 cm³/mol. The Morgan fingerprint density at radius 2 is 1.05 bits per heavy atom. The first-order chi connectivity index (χ1) is 10.0. The number of hydrogen-bond acceptors (Lipinski definition) is 0. The molecule has 0 aliphatic heterocycles. The van der Waals surface area contributed by atoms with Gasteiger partial charge in [0.2, 0.25) is 0 Å². The molecule has 0 radical (unpaired) electrons. The van der Waals surface area contributed by atoms with Crippen LogP contribution < -0.4 is 61.8 Å². The normalized spacial score (nSPS) is 15.7. The summed E-state index contributed by atoms with van der Waals surface area (Å²) in [5, 5.41) is 2.60. The first-order valence-corrected chi connectivity index (χ1v) is 12.2.